The Morgan fingerprint density at radius 1 is 1.21 bits per heavy atom. The molecule has 0 aliphatic rings. The lowest BCUT2D eigenvalue weighted by Crippen LogP contribution is -2.34. The van der Waals surface area contributed by atoms with Crippen LogP contribution >= 0.6 is 0 Å². The monoisotopic (exact) mass is 264 g/mol. The summed E-state index contributed by atoms with van der Waals surface area (Å²) in [6.07, 6.45) is 1.17. The Labute approximate surface area is 113 Å². The third kappa shape index (κ3) is 6.01. The van der Waals surface area contributed by atoms with Crippen molar-refractivity contribution in [3.63, 3.8) is 0 Å². The number of nitrogens with two attached hydrogens (primary N) is 1. The van der Waals surface area contributed by atoms with Crippen molar-refractivity contribution in [2.75, 3.05) is 6.61 Å². The van der Waals surface area contributed by atoms with Crippen molar-refractivity contribution in [3.8, 4) is 0 Å². The Kier molecular flexibility index (Phi) is 6.02. The topological polar surface area (TPSA) is 81.4 Å². The number of hydrogen-bond acceptors (Lipinski definition) is 4. The van der Waals surface area contributed by atoms with Crippen LogP contribution in [0, 0.1) is 5.92 Å². The fourth-order valence-corrected chi connectivity index (χ4v) is 1.67. The van der Waals surface area contributed by atoms with E-state index in [1.165, 1.54) is 5.56 Å². The summed E-state index contributed by atoms with van der Waals surface area (Å²) < 4.78 is 4.76. The highest BCUT2D eigenvalue weighted by molar-refractivity contribution is 5.80. The molecule has 0 bridgehead atoms. The van der Waals surface area contributed by atoms with Crippen molar-refractivity contribution in [1.82, 2.24) is 5.43 Å². The summed E-state index contributed by atoms with van der Waals surface area (Å²) in [7, 11) is 0. The molecule has 104 valence electrons. The minimum Gasteiger partial charge on any atom is -0.455 e. The van der Waals surface area contributed by atoms with Gasteiger partial charge in [-0.25, -0.2) is 5.84 Å². The molecule has 1 aromatic carbocycles. The molecule has 1 rings (SSSR count). The zero-order chi connectivity index (χ0) is 14.3. The average Bonchev–Trinajstić information content (AvgIpc) is 2.37. The van der Waals surface area contributed by atoms with Crippen LogP contribution in [0.1, 0.15) is 25.0 Å². The number of rotatable bonds is 6. The summed E-state index contributed by atoms with van der Waals surface area (Å²) in [5, 5.41) is 0. The summed E-state index contributed by atoms with van der Waals surface area (Å²) in [5.41, 5.74) is 4.01. The Morgan fingerprint density at radius 2 is 1.79 bits per heavy atom. The van der Waals surface area contributed by atoms with Crippen LogP contribution in [0.2, 0.25) is 0 Å². The van der Waals surface area contributed by atoms with Gasteiger partial charge in [-0.1, -0.05) is 38.1 Å². The zero-order valence-corrected chi connectivity index (χ0v) is 11.3. The lowest BCUT2D eigenvalue weighted by Gasteiger charge is -2.07. The van der Waals surface area contributed by atoms with Crippen molar-refractivity contribution in [3.05, 3.63) is 35.4 Å². The van der Waals surface area contributed by atoms with Crippen LogP contribution in [-0.4, -0.2) is 18.5 Å². The van der Waals surface area contributed by atoms with Gasteiger partial charge >= 0.3 is 5.97 Å². The molecule has 0 aliphatic carbocycles. The van der Waals surface area contributed by atoms with Crippen molar-refractivity contribution in [1.29, 1.82) is 0 Å². The maximum absolute atomic E-state index is 11.5. The molecule has 1 aromatic rings. The van der Waals surface area contributed by atoms with Gasteiger partial charge in [0.05, 0.1) is 6.42 Å². The van der Waals surface area contributed by atoms with E-state index in [9.17, 15) is 9.59 Å². The molecule has 3 N–H and O–H groups in total. The molecular weight excluding hydrogens is 244 g/mol. The molecule has 0 radical (unpaired) electrons. The second kappa shape index (κ2) is 7.53. The molecule has 0 heterocycles. The molecule has 0 fully saturated rings. The van der Waals surface area contributed by atoms with Gasteiger partial charge < -0.3 is 4.74 Å². The molecule has 0 spiro atoms. The Balaban J connectivity index is 2.44. The molecular formula is C14H20N2O3. The zero-order valence-electron chi connectivity index (χ0n) is 11.3. The second-order valence-electron chi connectivity index (χ2n) is 4.82. The lowest BCUT2D eigenvalue weighted by molar-refractivity contribution is -0.147. The van der Waals surface area contributed by atoms with Crippen molar-refractivity contribution < 1.29 is 14.3 Å². The first-order chi connectivity index (χ1) is 9.01. The molecule has 1 amide bonds. The molecule has 0 saturated heterocycles. The quantitative estimate of drug-likeness (QED) is 0.347. The van der Waals surface area contributed by atoms with Gasteiger partial charge in [0.2, 0.25) is 0 Å². The van der Waals surface area contributed by atoms with E-state index >= 15 is 0 Å². The van der Waals surface area contributed by atoms with Gasteiger partial charge in [-0.05, 0) is 23.5 Å². The van der Waals surface area contributed by atoms with Gasteiger partial charge in [-0.2, -0.15) is 0 Å². The van der Waals surface area contributed by atoms with E-state index in [0.717, 1.165) is 12.0 Å². The summed E-state index contributed by atoms with van der Waals surface area (Å²) in [6.45, 7) is 3.97. The number of esters is 1. The van der Waals surface area contributed by atoms with E-state index < -0.39 is 11.9 Å². The van der Waals surface area contributed by atoms with Gasteiger partial charge in [0, 0.05) is 0 Å². The second-order valence-corrected chi connectivity index (χ2v) is 4.82. The van der Waals surface area contributed by atoms with E-state index in [-0.39, 0.29) is 13.0 Å². The molecule has 0 atom stereocenters. The van der Waals surface area contributed by atoms with E-state index in [4.69, 9.17) is 10.6 Å². The normalized spacial score (nSPS) is 10.3. The first kappa shape index (κ1) is 15.2. The maximum atomic E-state index is 11.5. The van der Waals surface area contributed by atoms with Gasteiger partial charge in [0.1, 0.15) is 0 Å². The third-order valence-electron chi connectivity index (χ3n) is 2.54. The molecule has 0 unspecified atom stereocenters. The van der Waals surface area contributed by atoms with Crippen molar-refractivity contribution in [2.45, 2.75) is 26.7 Å². The fraction of sp³-hybridized carbons (Fsp3) is 0.429. The van der Waals surface area contributed by atoms with E-state index in [1.807, 2.05) is 29.7 Å². The van der Waals surface area contributed by atoms with Crippen LogP contribution in [0.3, 0.4) is 0 Å². The molecule has 5 heteroatoms. The highest BCUT2D eigenvalue weighted by atomic mass is 16.5. The number of ether oxygens (including phenoxy) is 1. The highest BCUT2D eigenvalue weighted by Gasteiger charge is 2.07. The van der Waals surface area contributed by atoms with Gasteiger partial charge in [-0.15, -0.1) is 0 Å². The van der Waals surface area contributed by atoms with Crippen molar-refractivity contribution in [2.24, 2.45) is 11.8 Å². The largest absolute Gasteiger partial charge is 0.455 e. The standard InChI is InChI=1S/C14H20N2O3/c1-10(2)7-11-3-5-12(6-4-11)8-14(18)19-9-13(17)16-15/h3-6,10H,7-9,15H2,1-2H3,(H,16,17). The maximum Gasteiger partial charge on any atom is 0.310 e. The van der Waals surface area contributed by atoms with Crippen LogP contribution in [0.5, 0.6) is 0 Å². The van der Waals surface area contributed by atoms with Crippen LogP contribution < -0.4 is 11.3 Å². The number of hydrogen-bond donors (Lipinski definition) is 2. The highest BCUT2D eigenvalue weighted by Crippen LogP contribution is 2.10. The third-order valence-corrected chi connectivity index (χ3v) is 2.54. The van der Waals surface area contributed by atoms with Crippen LogP contribution in [0.25, 0.3) is 0 Å². The average molecular weight is 264 g/mol. The predicted octanol–water partition coefficient (Wildman–Crippen LogP) is 0.961. The summed E-state index contributed by atoms with van der Waals surface area (Å²) in [6, 6.07) is 7.83. The molecule has 5 nitrogen and oxygen atoms in total. The summed E-state index contributed by atoms with van der Waals surface area (Å²) in [5.74, 6) is 4.51. The molecule has 0 saturated carbocycles. The summed E-state index contributed by atoms with van der Waals surface area (Å²) >= 11 is 0. The number of hydrazine groups is 1. The van der Waals surface area contributed by atoms with Crippen molar-refractivity contribution >= 4 is 11.9 Å². The van der Waals surface area contributed by atoms with Gasteiger partial charge in [-0.3, -0.25) is 15.0 Å². The number of carbonyl (C=O) groups is 2. The molecule has 19 heavy (non-hydrogen) atoms. The van der Waals surface area contributed by atoms with Crippen LogP contribution in [0.4, 0.5) is 0 Å². The number of carbonyl (C=O) groups excluding carboxylic acids is 2. The molecule has 0 aromatic heterocycles. The minimum atomic E-state index is -0.527. The Morgan fingerprint density at radius 3 is 2.32 bits per heavy atom. The SMILES string of the molecule is CC(C)Cc1ccc(CC(=O)OCC(=O)NN)cc1. The molecule has 0 aliphatic heterocycles. The van der Waals surface area contributed by atoms with Gasteiger partial charge in [0.25, 0.3) is 5.91 Å². The van der Waals surface area contributed by atoms with Crippen LogP contribution in [0.15, 0.2) is 24.3 Å². The number of benzene rings is 1. The Hall–Kier alpha value is -1.88. The predicted molar refractivity (Wildman–Crippen MR) is 72.0 cm³/mol. The summed E-state index contributed by atoms with van der Waals surface area (Å²) in [4.78, 5) is 22.3. The lowest BCUT2D eigenvalue weighted by atomic mass is 10.0. The first-order valence-electron chi connectivity index (χ1n) is 6.24. The number of amides is 1. The Bertz CT molecular complexity index is 427. The van der Waals surface area contributed by atoms with E-state index in [0.29, 0.717) is 5.92 Å². The van der Waals surface area contributed by atoms with E-state index in [1.54, 1.807) is 0 Å². The fourth-order valence-electron chi connectivity index (χ4n) is 1.67. The minimum absolute atomic E-state index is 0.153. The first-order valence-corrected chi connectivity index (χ1v) is 6.24. The van der Waals surface area contributed by atoms with Crippen LogP contribution in [-0.2, 0) is 27.2 Å². The smallest absolute Gasteiger partial charge is 0.310 e. The van der Waals surface area contributed by atoms with E-state index in [2.05, 4.69) is 13.8 Å². The number of nitrogens with one attached hydrogen (secondary N) is 1. The van der Waals surface area contributed by atoms with Gasteiger partial charge in [0.15, 0.2) is 6.61 Å².